The second kappa shape index (κ2) is 8.01. The SMILES string of the molecule is Cc1ccc(Cl)cc1Nc1ncnc(NC(C)c2ccccc2)c1[N+](=O)[O-]. The van der Waals surface area contributed by atoms with Gasteiger partial charge in [-0.15, -0.1) is 0 Å². The summed E-state index contributed by atoms with van der Waals surface area (Å²) < 4.78 is 0. The van der Waals surface area contributed by atoms with Crippen LogP contribution < -0.4 is 10.6 Å². The van der Waals surface area contributed by atoms with Crippen molar-refractivity contribution in [2.75, 3.05) is 10.6 Å². The molecule has 3 rings (SSSR count). The molecular formula is C19H18ClN5O2. The summed E-state index contributed by atoms with van der Waals surface area (Å²) in [4.78, 5) is 19.4. The Balaban J connectivity index is 1.95. The number of hydrogen-bond donors (Lipinski definition) is 2. The van der Waals surface area contributed by atoms with Gasteiger partial charge in [0.15, 0.2) is 0 Å². The summed E-state index contributed by atoms with van der Waals surface area (Å²) in [6.07, 6.45) is 1.29. The fourth-order valence-electron chi connectivity index (χ4n) is 2.64. The molecule has 1 unspecified atom stereocenters. The minimum atomic E-state index is -0.498. The number of aromatic nitrogens is 2. The molecule has 0 bridgehead atoms. The Labute approximate surface area is 161 Å². The van der Waals surface area contributed by atoms with E-state index in [1.807, 2.05) is 50.2 Å². The molecule has 0 aliphatic carbocycles. The zero-order chi connectivity index (χ0) is 19.4. The predicted molar refractivity (Wildman–Crippen MR) is 107 cm³/mol. The minimum Gasteiger partial charge on any atom is -0.358 e. The molecule has 138 valence electrons. The molecule has 1 heterocycles. The highest BCUT2D eigenvalue weighted by Gasteiger charge is 2.24. The lowest BCUT2D eigenvalue weighted by Gasteiger charge is -2.16. The fraction of sp³-hybridized carbons (Fsp3) is 0.158. The number of rotatable bonds is 6. The van der Waals surface area contributed by atoms with Crippen LogP contribution >= 0.6 is 11.6 Å². The standard InChI is InChI=1S/C19H18ClN5O2/c1-12-8-9-15(20)10-16(12)24-19-17(25(26)27)18(21-11-22-19)23-13(2)14-6-4-3-5-7-14/h3-11,13H,1-2H3,(H2,21,22,23,24). The molecule has 7 nitrogen and oxygen atoms in total. The second-order valence-electron chi connectivity index (χ2n) is 6.04. The molecular weight excluding hydrogens is 366 g/mol. The van der Waals surface area contributed by atoms with E-state index < -0.39 is 4.92 Å². The maximum Gasteiger partial charge on any atom is 0.353 e. The molecule has 0 aliphatic rings. The van der Waals surface area contributed by atoms with E-state index in [4.69, 9.17) is 11.6 Å². The van der Waals surface area contributed by atoms with Gasteiger partial charge in [-0.25, -0.2) is 9.97 Å². The largest absolute Gasteiger partial charge is 0.358 e. The molecule has 0 saturated carbocycles. The quantitative estimate of drug-likeness (QED) is 0.445. The van der Waals surface area contributed by atoms with Crippen molar-refractivity contribution in [2.45, 2.75) is 19.9 Å². The third-order valence-corrected chi connectivity index (χ3v) is 4.35. The van der Waals surface area contributed by atoms with Gasteiger partial charge >= 0.3 is 5.69 Å². The van der Waals surface area contributed by atoms with Crippen molar-refractivity contribution in [3.63, 3.8) is 0 Å². The fourth-order valence-corrected chi connectivity index (χ4v) is 2.81. The highest BCUT2D eigenvalue weighted by atomic mass is 35.5. The van der Waals surface area contributed by atoms with Crippen molar-refractivity contribution >= 4 is 34.6 Å². The van der Waals surface area contributed by atoms with Crippen molar-refractivity contribution in [1.82, 2.24) is 9.97 Å². The highest BCUT2D eigenvalue weighted by Crippen LogP contribution is 2.34. The molecule has 0 saturated heterocycles. The molecule has 0 amide bonds. The lowest BCUT2D eigenvalue weighted by atomic mass is 10.1. The monoisotopic (exact) mass is 383 g/mol. The Morgan fingerprint density at radius 1 is 1.11 bits per heavy atom. The van der Waals surface area contributed by atoms with Crippen molar-refractivity contribution in [2.24, 2.45) is 0 Å². The molecule has 27 heavy (non-hydrogen) atoms. The van der Waals surface area contributed by atoms with Crippen LogP contribution in [-0.4, -0.2) is 14.9 Å². The summed E-state index contributed by atoms with van der Waals surface area (Å²) in [5.41, 5.74) is 2.30. The van der Waals surface area contributed by atoms with Crippen LogP contribution in [0.15, 0.2) is 54.9 Å². The van der Waals surface area contributed by atoms with Gasteiger partial charge in [-0.2, -0.15) is 0 Å². The maximum absolute atomic E-state index is 11.7. The summed E-state index contributed by atoms with van der Waals surface area (Å²) >= 11 is 6.03. The number of anilines is 3. The topological polar surface area (TPSA) is 93.0 Å². The highest BCUT2D eigenvalue weighted by molar-refractivity contribution is 6.30. The number of halogens is 1. The average Bonchev–Trinajstić information content (AvgIpc) is 2.65. The molecule has 0 spiro atoms. The van der Waals surface area contributed by atoms with E-state index in [9.17, 15) is 10.1 Å². The van der Waals surface area contributed by atoms with Crippen molar-refractivity contribution in [3.8, 4) is 0 Å². The van der Waals surface area contributed by atoms with Crippen LogP contribution in [0.4, 0.5) is 23.0 Å². The molecule has 2 aromatic carbocycles. The van der Waals surface area contributed by atoms with Crippen LogP contribution in [-0.2, 0) is 0 Å². The molecule has 0 fully saturated rings. The lowest BCUT2D eigenvalue weighted by Crippen LogP contribution is -2.12. The second-order valence-corrected chi connectivity index (χ2v) is 6.47. The molecule has 2 N–H and O–H groups in total. The minimum absolute atomic E-state index is 0.100. The van der Waals surface area contributed by atoms with Crippen LogP contribution in [0.5, 0.6) is 0 Å². The average molecular weight is 384 g/mol. The Morgan fingerprint density at radius 2 is 1.81 bits per heavy atom. The summed E-state index contributed by atoms with van der Waals surface area (Å²) in [6, 6.07) is 14.7. The first kappa shape index (κ1) is 18.6. The number of nitro groups is 1. The van der Waals surface area contributed by atoms with Crippen LogP contribution in [0, 0.1) is 17.0 Å². The lowest BCUT2D eigenvalue weighted by molar-refractivity contribution is -0.383. The molecule has 3 aromatic rings. The Morgan fingerprint density at radius 3 is 2.52 bits per heavy atom. The van der Waals surface area contributed by atoms with Crippen molar-refractivity contribution in [3.05, 3.63) is 81.1 Å². The zero-order valence-electron chi connectivity index (χ0n) is 14.8. The third kappa shape index (κ3) is 4.32. The molecule has 8 heteroatoms. The van der Waals surface area contributed by atoms with Gasteiger partial charge in [0.05, 0.1) is 11.0 Å². The predicted octanol–water partition coefficient (Wildman–Crippen LogP) is 5.26. The van der Waals surface area contributed by atoms with Gasteiger partial charge in [-0.3, -0.25) is 10.1 Å². The van der Waals surface area contributed by atoms with Gasteiger partial charge in [0, 0.05) is 10.7 Å². The van der Waals surface area contributed by atoms with E-state index in [1.54, 1.807) is 12.1 Å². The van der Waals surface area contributed by atoms with E-state index in [0.717, 1.165) is 11.1 Å². The van der Waals surface area contributed by atoms with Crippen LogP contribution in [0.3, 0.4) is 0 Å². The maximum atomic E-state index is 11.7. The summed E-state index contributed by atoms with van der Waals surface area (Å²) in [5, 5.41) is 18.3. The smallest absolute Gasteiger partial charge is 0.353 e. The van der Waals surface area contributed by atoms with Crippen LogP contribution in [0.1, 0.15) is 24.1 Å². The molecule has 0 aliphatic heterocycles. The van der Waals surface area contributed by atoms with E-state index in [1.165, 1.54) is 6.33 Å². The Hall–Kier alpha value is -3.19. The zero-order valence-corrected chi connectivity index (χ0v) is 15.6. The van der Waals surface area contributed by atoms with Gasteiger partial charge in [0.1, 0.15) is 6.33 Å². The van der Waals surface area contributed by atoms with Gasteiger partial charge in [0.25, 0.3) is 0 Å². The number of aryl methyl sites for hydroxylation is 1. The van der Waals surface area contributed by atoms with E-state index in [2.05, 4.69) is 20.6 Å². The first-order valence-corrected chi connectivity index (χ1v) is 8.67. The number of benzene rings is 2. The summed E-state index contributed by atoms with van der Waals surface area (Å²) in [5.74, 6) is 0.247. The van der Waals surface area contributed by atoms with E-state index >= 15 is 0 Å². The first-order valence-electron chi connectivity index (χ1n) is 8.29. The van der Waals surface area contributed by atoms with Crippen LogP contribution in [0.25, 0.3) is 0 Å². The summed E-state index contributed by atoms with van der Waals surface area (Å²) in [6.45, 7) is 3.79. The van der Waals surface area contributed by atoms with Gasteiger partial charge in [-0.1, -0.05) is 48.0 Å². The van der Waals surface area contributed by atoms with Crippen molar-refractivity contribution < 1.29 is 4.92 Å². The molecule has 0 radical (unpaired) electrons. The van der Waals surface area contributed by atoms with Gasteiger partial charge < -0.3 is 10.6 Å². The Bertz CT molecular complexity index is 966. The van der Waals surface area contributed by atoms with Gasteiger partial charge in [-0.05, 0) is 37.1 Å². The number of nitrogens with one attached hydrogen (secondary N) is 2. The molecule has 1 aromatic heterocycles. The van der Waals surface area contributed by atoms with Crippen molar-refractivity contribution in [1.29, 1.82) is 0 Å². The first-order chi connectivity index (χ1) is 13.0. The van der Waals surface area contributed by atoms with E-state index in [-0.39, 0.29) is 23.4 Å². The summed E-state index contributed by atoms with van der Waals surface area (Å²) in [7, 11) is 0. The van der Waals surface area contributed by atoms with Crippen LogP contribution in [0.2, 0.25) is 5.02 Å². The van der Waals surface area contributed by atoms with E-state index in [0.29, 0.717) is 10.7 Å². The van der Waals surface area contributed by atoms with Gasteiger partial charge in [0.2, 0.25) is 11.6 Å². The number of nitrogens with zero attached hydrogens (tertiary/aromatic N) is 3. The third-order valence-electron chi connectivity index (χ3n) is 4.11. The Kier molecular flexibility index (Phi) is 5.52. The molecule has 1 atom stereocenters. The normalized spacial score (nSPS) is 11.7. The number of hydrogen-bond acceptors (Lipinski definition) is 6.